The Kier molecular flexibility index (Phi) is 4.96. The third kappa shape index (κ3) is 3.89. The number of halogens is 1. The summed E-state index contributed by atoms with van der Waals surface area (Å²) in [4.78, 5) is 21.8. The number of hydrogen-bond donors (Lipinski definition) is 1. The first-order chi connectivity index (χ1) is 13.1. The van der Waals surface area contributed by atoms with E-state index in [1.807, 2.05) is 30.3 Å². The molecule has 2 aromatic heterocycles. The number of benzene rings is 2. The van der Waals surface area contributed by atoms with Gasteiger partial charge in [-0.2, -0.15) is 0 Å². The van der Waals surface area contributed by atoms with E-state index in [4.69, 9.17) is 4.74 Å². The normalized spacial score (nSPS) is 11.0. The van der Waals surface area contributed by atoms with Crippen LogP contribution >= 0.6 is 23.1 Å². The van der Waals surface area contributed by atoms with Crippen LogP contribution in [0.3, 0.4) is 0 Å². The summed E-state index contributed by atoms with van der Waals surface area (Å²) in [6, 6.07) is 15.9. The highest BCUT2D eigenvalue weighted by Gasteiger charge is 2.11. The second kappa shape index (κ2) is 7.54. The Morgan fingerprint density at radius 2 is 1.89 bits per heavy atom. The molecule has 4 rings (SSSR count). The van der Waals surface area contributed by atoms with Gasteiger partial charge in [0.25, 0.3) is 5.56 Å². The van der Waals surface area contributed by atoms with Gasteiger partial charge in [0.1, 0.15) is 22.1 Å². The molecule has 0 radical (unpaired) electrons. The van der Waals surface area contributed by atoms with Gasteiger partial charge in [0.2, 0.25) is 0 Å². The SMILES string of the molecule is COc1ccc(-c2cc3nc(CSc4ccc(F)cc4)[nH]c(=O)c3s2)cc1. The van der Waals surface area contributed by atoms with Gasteiger partial charge in [0, 0.05) is 9.77 Å². The zero-order chi connectivity index (χ0) is 18.8. The van der Waals surface area contributed by atoms with Crippen LogP contribution in [0.5, 0.6) is 5.75 Å². The number of nitrogens with one attached hydrogen (secondary N) is 1. The van der Waals surface area contributed by atoms with Crippen LogP contribution in [0.2, 0.25) is 0 Å². The van der Waals surface area contributed by atoms with Crippen LogP contribution in [-0.2, 0) is 5.75 Å². The molecule has 7 heteroatoms. The summed E-state index contributed by atoms with van der Waals surface area (Å²) < 4.78 is 18.8. The van der Waals surface area contributed by atoms with Crippen molar-refractivity contribution < 1.29 is 9.13 Å². The average Bonchev–Trinajstić information content (AvgIpc) is 3.12. The van der Waals surface area contributed by atoms with Gasteiger partial charge in [0.15, 0.2) is 0 Å². The lowest BCUT2D eigenvalue weighted by atomic mass is 10.2. The van der Waals surface area contributed by atoms with E-state index in [-0.39, 0.29) is 11.4 Å². The molecule has 0 aliphatic carbocycles. The first-order valence-corrected chi connectivity index (χ1v) is 9.98. The van der Waals surface area contributed by atoms with E-state index in [2.05, 4.69) is 9.97 Å². The van der Waals surface area contributed by atoms with Crippen molar-refractivity contribution in [3.05, 3.63) is 76.6 Å². The minimum Gasteiger partial charge on any atom is -0.497 e. The van der Waals surface area contributed by atoms with Gasteiger partial charge in [-0.3, -0.25) is 4.79 Å². The summed E-state index contributed by atoms with van der Waals surface area (Å²) in [7, 11) is 1.63. The molecule has 0 amide bonds. The van der Waals surface area contributed by atoms with Crippen molar-refractivity contribution in [2.45, 2.75) is 10.6 Å². The van der Waals surface area contributed by atoms with Crippen LogP contribution in [0.15, 0.2) is 64.3 Å². The fourth-order valence-electron chi connectivity index (χ4n) is 2.64. The van der Waals surface area contributed by atoms with Crippen molar-refractivity contribution in [3.63, 3.8) is 0 Å². The summed E-state index contributed by atoms with van der Waals surface area (Å²) in [5, 5.41) is 0. The highest BCUT2D eigenvalue weighted by Crippen LogP contribution is 2.32. The molecule has 2 aromatic carbocycles. The number of nitrogens with zero attached hydrogens (tertiary/aromatic N) is 1. The highest BCUT2D eigenvalue weighted by atomic mass is 32.2. The predicted molar refractivity (Wildman–Crippen MR) is 108 cm³/mol. The van der Waals surface area contributed by atoms with E-state index in [0.717, 1.165) is 21.1 Å². The number of methoxy groups -OCH3 is 1. The molecule has 0 aliphatic rings. The molecule has 4 nitrogen and oxygen atoms in total. The number of fused-ring (bicyclic) bond motifs is 1. The Hall–Kier alpha value is -2.64. The number of hydrogen-bond acceptors (Lipinski definition) is 5. The lowest BCUT2D eigenvalue weighted by molar-refractivity contribution is 0.415. The molecule has 0 saturated heterocycles. The first kappa shape index (κ1) is 17.8. The fraction of sp³-hybridized carbons (Fsp3) is 0.100. The van der Waals surface area contributed by atoms with Crippen LogP contribution in [0.1, 0.15) is 5.82 Å². The van der Waals surface area contributed by atoms with Crippen molar-refractivity contribution in [1.29, 1.82) is 0 Å². The third-order valence-electron chi connectivity index (χ3n) is 4.00. The van der Waals surface area contributed by atoms with Crippen molar-refractivity contribution in [3.8, 4) is 16.2 Å². The van der Waals surface area contributed by atoms with E-state index >= 15 is 0 Å². The Bertz CT molecular complexity index is 1140. The topological polar surface area (TPSA) is 55.0 Å². The van der Waals surface area contributed by atoms with E-state index < -0.39 is 0 Å². The van der Waals surface area contributed by atoms with Crippen molar-refractivity contribution in [2.75, 3.05) is 7.11 Å². The highest BCUT2D eigenvalue weighted by molar-refractivity contribution is 7.98. The molecule has 27 heavy (non-hydrogen) atoms. The van der Waals surface area contributed by atoms with Gasteiger partial charge in [-0.25, -0.2) is 9.37 Å². The molecule has 0 atom stereocenters. The lowest BCUT2D eigenvalue weighted by Gasteiger charge is -2.01. The van der Waals surface area contributed by atoms with Gasteiger partial charge >= 0.3 is 0 Å². The quantitative estimate of drug-likeness (QED) is 0.476. The molecular formula is C20H15FN2O2S2. The Balaban J connectivity index is 1.60. The second-order valence-corrected chi connectivity index (χ2v) is 7.91. The smallest absolute Gasteiger partial charge is 0.268 e. The van der Waals surface area contributed by atoms with E-state index in [9.17, 15) is 9.18 Å². The molecule has 0 spiro atoms. The minimum absolute atomic E-state index is 0.139. The zero-order valence-corrected chi connectivity index (χ0v) is 16.0. The molecule has 136 valence electrons. The van der Waals surface area contributed by atoms with E-state index in [1.165, 1.54) is 35.2 Å². The summed E-state index contributed by atoms with van der Waals surface area (Å²) in [5.41, 5.74) is 1.56. The first-order valence-electron chi connectivity index (χ1n) is 8.18. The predicted octanol–water partition coefficient (Wildman–Crippen LogP) is 5.09. The van der Waals surface area contributed by atoms with Gasteiger partial charge in [-0.15, -0.1) is 23.1 Å². The van der Waals surface area contributed by atoms with Crippen LogP contribution in [0.25, 0.3) is 20.7 Å². The average molecular weight is 398 g/mol. The number of rotatable bonds is 5. The van der Waals surface area contributed by atoms with Crippen molar-refractivity contribution >= 4 is 33.3 Å². The van der Waals surface area contributed by atoms with Crippen LogP contribution in [0, 0.1) is 5.82 Å². The molecule has 1 N–H and O–H groups in total. The number of H-pyrrole nitrogens is 1. The standard InChI is InChI=1S/C20H15FN2O2S2/c1-25-14-6-2-12(3-7-14)17-10-16-19(27-17)20(24)23-18(22-16)11-26-15-8-4-13(21)5-9-15/h2-10H,11H2,1H3,(H,22,23,24). The molecule has 0 unspecified atom stereocenters. The fourth-order valence-corrected chi connectivity index (χ4v) is 4.40. The number of thioether (sulfide) groups is 1. The molecule has 4 aromatic rings. The van der Waals surface area contributed by atoms with E-state index in [0.29, 0.717) is 21.8 Å². The Morgan fingerprint density at radius 3 is 2.59 bits per heavy atom. The summed E-state index contributed by atoms with van der Waals surface area (Å²) in [6.07, 6.45) is 0. The number of aromatic nitrogens is 2. The molecule has 0 fully saturated rings. The van der Waals surface area contributed by atoms with Crippen molar-refractivity contribution in [2.24, 2.45) is 0 Å². The van der Waals surface area contributed by atoms with Crippen LogP contribution < -0.4 is 10.3 Å². The monoisotopic (exact) mass is 398 g/mol. The van der Waals surface area contributed by atoms with Crippen LogP contribution in [0.4, 0.5) is 4.39 Å². The van der Waals surface area contributed by atoms with Gasteiger partial charge in [-0.1, -0.05) is 0 Å². The maximum atomic E-state index is 13.0. The van der Waals surface area contributed by atoms with Crippen molar-refractivity contribution in [1.82, 2.24) is 9.97 Å². The maximum Gasteiger partial charge on any atom is 0.268 e. The molecule has 0 saturated carbocycles. The van der Waals surface area contributed by atoms with Gasteiger partial charge in [-0.05, 0) is 60.2 Å². The Labute approximate surface area is 163 Å². The van der Waals surface area contributed by atoms with E-state index in [1.54, 1.807) is 19.2 Å². The summed E-state index contributed by atoms with van der Waals surface area (Å²) in [6.45, 7) is 0. The molecule has 2 heterocycles. The number of ether oxygens (including phenoxy) is 1. The molecular weight excluding hydrogens is 383 g/mol. The van der Waals surface area contributed by atoms with Crippen LogP contribution in [-0.4, -0.2) is 17.1 Å². The van der Waals surface area contributed by atoms with Gasteiger partial charge in [0.05, 0.1) is 18.4 Å². The number of aromatic amines is 1. The lowest BCUT2D eigenvalue weighted by Crippen LogP contribution is -2.09. The largest absolute Gasteiger partial charge is 0.497 e. The maximum absolute atomic E-state index is 13.0. The zero-order valence-electron chi connectivity index (χ0n) is 14.4. The Morgan fingerprint density at radius 1 is 1.15 bits per heavy atom. The molecule has 0 bridgehead atoms. The summed E-state index contributed by atoms with van der Waals surface area (Å²) in [5.74, 6) is 1.62. The third-order valence-corrected chi connectivity index (χ3v) is 6.19. The van der Waals surface area contributed by atoms with Gasteiger partial charge < -0.3 is 9.72 Å². The summed E-state index contributed by atoms with van der Waals surface area (Å²) >= 11 is 2.92. The second-order valence-electron chi connectivity index (χ2n) is 5.81. The number of thiophene rings is 1. The molecule has 0 aliphatic heterocycles. The minimum atomic E-state index is -0.267.